The highest BCUT2D eigenvalue weighted by atomic mass is 35.5. The number of hydrogen-bond acceptors (Lipinski definition) is 1. The Kier molecular flexibility index (Phi) is 7.19. The molecule has 2 aromatic rings. The maximum absolute atomic E-state index is 5.96. The molecule has 0 aliphatic heterocycles. The van der Waals surface area contributed by atoms with E-state index in [1.807, 2.05) is 18.2 Å². The predicted molar refractivity (Wildman–Crippen MR) is 96.8 cm³/mol. The Hall–Kier alpha value is -1.25. The predicted octanol–water partition coefficient (Wildman–Crippen LogP) is 5.17. The van der Waals surface area contributed by atoms with Gasteiger partial charge >= 0.3 is 0 Å². The Morgan fingerprint density at radius 2 is 1.74 bits per heavy atom. The van der Waals surface area contributed by atoms with Crippen LogP contribution in [0.4, 0.5) is 0 Å². The van der Waals surface area contributed by atoms with E-state index in [9.17, 15) is 0 Å². The maximum atomic E-state index is 5.96. The van der Waals surface area contributed by atoms with Crippen molar-refractivity contribution in [1.82, 2.24) is 0 Å². The lowest BCUT2D eigenvalue weighted by atomic mass is 9.93. The monoisotopic (exact) mass is 334 g/mol. The molecule has 0 radical (unpaired) electrons. The minimum absolute atomic E-state index is 0.453. The van der Waals surface area contributed by atoms with E-state index in [4.69, 9.17) is 16.0 Å². The minimum atomic E-state index is 0.453. The van der Waals surface area contributed by atoms with Crippen LogP contribution in [0, 0.1) is 5.92 Å². The molecule has 0 saturated heterocycles. The lowest BCUT2D eigenvalue weighted by Crippen LogP contribution is -2.84. The molecule has 2 N–H and O–H groups in total. The Morgan fingerprint density at radius 3 is 2.35 bits per heavy atom. The smallest absolute Gasteiger partial charge is 0.109 e. The number of nitrogens with two attached hydrogens (primary N) is 1. The second-order valence-electron chi connectivity index (χ2n) is 6.84. The normalized spacial score (nSPS) is 14.1. The van der Waals surface area contributed by atoms with Gasteiger partial charge in [0.25, 0.3) is 0 Å². The van der Waals surface area contributed by atoms with Crippen LogP contribution in [-0.2, 0) is 0 Å². The zero-order chi connectivity index (χ0) is 16.7. The van der Waals surface area contributed by atoms with Gasteiger partial charge in [-0.2, -0.15) is 0 Å². The molecule has 1 heterocycles. The first kappa shape index (κ1) is 18.1. The molecule has 0 amide bonds. The number of hydrogen-bond donors (Lipinski definition) is 1. The van der Waals surface area contributed by atoms with Crippen LogP contribution < -0.4 is 5.32 Å². The number of furan rings is 1. The van der Waals surface area contributed by atoms with E-state index in [0.717, 1.165) is 29.7 Å². The van der Waals surface area contributed by atoms with Crippen molar-refractivity contribution in [3.05, 3.63) is 59.0 Å². The highest BCUT2D eigenvalue weighted by Gasteiger charge is 2.17. The van der Waals surface area contributed by atoms with Crippen molar-refractivity contribution >= 4 is 11.6 Å². The maximum Gasteiger partial charge on any atom is 0.109 e. The van der Waals surface area contributed by atoms with E-state index in [1.165, 1.54) is 18.4 Å². The van der Waals surface area contributed by atoms with Crippen LogP contribution in [0.15, 0.2) is 47.1 Å². The summed E-state index contributed by atoms with van der Waals surface area (Å²) in [5.41, 5.74) is 1.33. The summed E-state index contributed by atoms with van der Waals surface area (Å²) in [5.74, 6) is 2.41. The van der Waals surface area contributed by atoms with Crippen LogP contribution in [0.1, 0.15) is 63.3 Å². The largest absolute Gasteiger partial charge is 0.469 e. The molecule has 3 heteroatoms. The fourth-order valence-corrected chi connectivity index (χ4v) is 3.06. The van der Waals surface area contributed by atoms with Gasteiger partial charge in [-0.15, -0.1) is 0 Å². The third kappa shape index (κ3) is 6.04. The summed E-state index contributed by atoms with van der Waals surface area (Å²) in [5, 5.41) is 3.21. The van der Waals surface area contributed by atoms with E-state index < -0.39 is 0 Å². The number of halogens is 1. The molecule has 0 bridgehead atoms. The average molecular weight is 335 g/mol. The van der Waals surface area contributed by atoms with Gasteiger partial charge in [0.1, 0.15) is 11.8 Å². The van der Waals surface area contributed by atoms with Crippen LogP contribution in [0.2, 0.25) is 5.02 Å². The molecule has 0 unspecified atom stereocenters. The van der Waals surface area contributed by atoms with Crippen LogP contribution in [0.25, 0.3) is 0 Å². The van der Waals surface area contributed by atoms with Crippen LogP contribution in [-0.4, -0.2) is 6.54 Å². The van der Waals surface area contributed by atoms with Gasteiger partial charge in [-0.1, -0.05) is 44.0 Å². The summed E-state index contributed by atoms with van der Waals surface area (Å²) in [6, 6.07) is 12.7. The van der Waals surface area contributed by atoms with E-state index >= 15 is 0 Å². The van der Waals surface area contributed by atoms with Gasteiger partial charge in [0.15, 0.2) is 0 Å². The van der Waals surface area contributed by atoms with Crippen molar-refractivity contribution in [3.8, 4) is 0 Å². The first-order valence-corrected chi connectivity index (χ1v) is 9.06. The molecule has 2 atom stereocenters. The summed E-state index contributed by atoms with van der Waals surface area (Å²) in [6.45, 7) is 7.92. The molecule has 1 aromatic carbocycles. The van der Waals surface area contributed by atoms with Crippen molar-refractivity contribution in [2.45, 2.75) is 52.0 Å². The molecule has 0 saturated carbocycles. The fraction of sp³-hybridized carbons (Fsp3) is 0.500. The van der Waals surface area contributed by atoms with Gasteiger partial charge in [0, 0.05) is 22.9 Å². The van der Waals surface area contributed by atoms with Crippen molar-refractivity contribution in [3.63, 3.8) is 0 Å². The molecule has 23 heavy (non-hydrogen) atoms. The molecule has 2 rings (SSSR count). The van der Waals surface area contributed by atoms with Gasteiger partial charge in [0.05, 0.1) is 12.8 Å². The first-order valence-electron chi connectivity index (χ1n) is 8.68. The minimum Gasteiger partial charge on any atom is -0.469 e. The summed E-state index contributed by atoms with van der Waals surface area (Å²) >= 11 is 5.96. The van der Waals surface area contributed by atoms with E-state index in [-0.39, 0.29) is 0 Å². The Bertz CT molecular complexity index is 548. The SMILES string of the molecule is CC(C)CC[C@@H](CC[NH2+][C@H](C)c1ccc(Cl)cc1)c1ccco1. The van der Waals surface area contributed by atoms with Gasteiger partial charge in [-0.25, -0.2) is 0 Å². The number of rotatable bonds is 9. The molecular weight excluding hydrogens is 306 g/mol. The number of benzene rings is 1. The van der Waals surface area contributed by atoms with Gasteiger partial charge in [-0.05, 0) is 43.5 Å². The lowest BCUT2D eigenvalue weighted by molar-refractivity contribution is -0.693. The highest BCUT2D eigenvalue weighted by molar-refractivity contribution is 6.30. The van der Waals surface area contributed by atoms with Crippen molar-refractivity contribution in [2.75, 3.05) is 6.54 Å². The second-order valence-corrected chi connectivity index (χ2v) is 7.27. The van der Waals surface area contributed by atoms with Crippen LogP contribution >= 0.6 is 11.6 Å². The summed E-state index contributed by atoms with van der Waals surface area (Å²) in [7, 11) is 0. The average Bonchev–Trinajstić information content (AvgIpc) is 3.05. The molecule has 0 aliphatic carbocycles. The zero-order valence-corrected chi connectivity index (χ0v) is 15.2. The molecule has 2 nitrogen and oxygen atoms in total. The summed E-state index contributed by atoms with van der Waals surface area (Å²) < 4.78 is 5.65. The van der Waals surface area contributed by atoms with Crippen molar-refractivity contribution in [1.29, 1.82) is 0 Å². The van der Waals surface area contributed by atoms with Gasteiger partial charge in [0.2, 0.25) is 0 Å². The highest BCUT2D eigenvalue weighted by Crippen LogP contribution is 2.26. The third-order valence-corrected chi connectivity index (χ3v) is 4.72. The van der Waals surface area contributed by atoms with Gasteiger partial charge < -0.3 is 9.73 Å². The molecule has 0 spiro atoms. The molecule has 0 fully saturated rings. The molecule has 126 valence electrons. The van der Waals surface area contributed by atoms with E-state index in [0.29, 0.717) is 12.0 Å². The second kappa shape index (κ2) is 9.14. The molecule has 1 aromatic heterocycles. The lowest BCUT2D eigenvalue weighted by Gasteiger charge is -2.17. The van der Waals surface area contributed by atoms with E-state index in [2.05, 4.69) is 44.3 Å². The van der Waals surface area contributed by atoms with E-state index in [1.54, 1.807) is 6.26 Å². The molecular formula is C20H29ClNO+. The number of quaternary nitrogens is 1. The Morgan fingerprint density at radius 1 is 1.00 bits per heavy atom. The topological polar surface area (TPSA) is 29.8 Å². The Balaban J connectivity index is 1.84. The Labute approximate surface area is 145 Å². The van der Waals surface area contributed by atoms with Crippen molar-refractivity contribution in [2.24, 2.45) is 5.92 Å². The summed E-state index contributed by atoms with van der Waals surface area (Å²) in [4.78, 5) is 0. The fourth-order valence-electron chi connectivity index (χ4n) is 2.94. The molecule has 0 aliphatic rings. The standard InChI is InChI=1S/C20H28ClNO/c1-15(2)6-7-18(20-5-4-14-23-20)12-13-22-16(3)17-8-10-19(21)11-9-17/h4-5,8-11,14-16,18,22H,6-7,12-13H2,1-3H3/p+1/t16-,18+/m1/s1. The quantitative estimate of drug-likeness (QED) is 0.673. The first-order chi connectivity index (χ1) is 11.1. The third-order valence-electron chi connectivity index (χ3n) is 4.47. The summed E-state index contributed by atoms with van der Waals surface area (Å²) in [6.07, 6.45) is 5.39. The van der Waals surface area contributed by atoms with Gasteiger partial charge in [-0.3, -0.25) is 0 Å². The zero-order valence-electron chi connectivity index (χ0n) is 14.5. The van der Waals surface area contributed by atoms with Crippen LogP contribution in [0.3, 0.4) is 0 Å². The van der Waals surface area contributed by atoms with Crippen LogP contribution in [0.5, 0.6) is 0 Å². The van der Waals surface area contributed by atoms with Crippen molar-refractivity contribution < 1.29 is 9.73 Å².